The molecule has 0 aromatic heterocycles. The molecule has 6 heteroatoms. The lowest BCUT2D eigenvalue weighted by Gasteiger charge is -2.04. The van der Waals surface area contributed by atoms with Gasteiger partial charge in [0.2, 0.25) is 0 Å². The smallest absolute Gasteiger partial charge is 0.200 e. The SMILES string of the molecule is O=S(=O)(N/N=C/c1ccc(-c2ccccc2)cc1)c1ccc(Br)cc1. The first kappa shape index (κ1) is 17.4. The number of hydrogen-bond donors (Lipinski definition) is 1. The van der Waals surface area contributed by atoms with Crippen LogP contribution in [-0.4, -0.2) is 14.6 Å². The van der Waals surface area contributed by atoms with Crippen LogP contribution < -0.4 is 4.83 Å². The summed E-state index contributed by atoms with van der Waals surface area (Å²) in [6, 6.07) is 24.1. The van der Waals surface area contributed by atoms with E-state index in [9.17, 15) is 8.42 Å². The van der Waals surface area contributed by atoms with E-state index in [1.165, 1.54) is 18.3 Å². The lowest BCUT2D eigenvalue weighted by molar-refractivity contribution is 0.584. The molecule has 0 radical (unpaired) electrons. The van der Waals surface area contributed by atoms with Crippen LogP contribution in [0.3, 0.4) is 0 Å². The number of sulfonamides is 1. The topological polar surface area (TPSA) is 58.5 Å². The Morgan fingerprint density at radius 1 is 0.800 bits per heavy atom. The maximum Gasteiger partial charge on any atom is 0.276 e. The Hall–Kier alpha value is -2.44. The number of hydrazone groups is 1. The van der Waals surface area contributed by atoms with Gasteiger partial charge in [0, 0.05) is 4.47 Å². The van der Waals surface area contributed by atoms with Crippen LogP contribution in [0.5, 0.6) is 0 Å². The number of rotatable bonds is 5. The van der Waals surface area contributed by atoms with E-state index >= 15 is 0 Å². The van der Waals surface area contributed by atoms with Crippen LogP contribution in [0.1, 0.15) is 5.56 Å². The fraction of sp³-hybridized carbons (Fsp3) is 0. The Balaban J connectivity index is 1.69. The van der Waals surface area contributed by atoms with Crippen LogP contribution in [0.25, 0.3) is 11.1 Å². The van der Waals surface area contributed by atoms with Gasteiger partial charge in [0.05, 0.1) is 11.1 Å². The summed E-state index contributed by atoms with van der Waals surface area (Å²) >= 11 is 3.27. The van der Waals surface area contributed by atoms with E-state index < -0.39 is 10.0 Å². The number of halogens is 1. The van der Waals surface area contributed by atoms with E-state index in [0.29, 0.717) is 0 Å². The summed E-state index contributed by atoms with van der Waals surface area (Å²) in [6.07, 6.45) is 1.48. The van der Waals surface area contributed by atoms with E-state index in [1.807, 2.05) is 54.6 Å². The summed E-state index contributed by atoms with van der Waals surface area (Å²) in [6.45, 7) is 0. The molecule has 0 spiro atoms. The zero-order valence-electron chi connectivity index (χ0n) is 13.1. The molecule has 4 nitrogen and oxygen atoms in total. The third-order valence-corrected chi connectivity index (χ3v) is 5.30. The van der Waals surface area contributed by atoms with Crippen molar-refractivity contribution in [3.05, 3.63) is 88.9 Å². The van der Waals surface area contributed by atoms with Gasteiger partial charge < -0.3 is 0 Å². The Bertz CT molecular complexity index is 968. The van der Waals surface area contributed by atoms with Crippen molar-refractivity contribution in [2.24, 2.45) is 5.10 Å². The molecule has 0 bridgehead atoms. The summed E-state index contributed by atoms with van der Waals surface area (Å²) in [5, 5.41) is 3.84. The fourth-order valence-electron chi connectivity index (χ4n) is 2.23. The van der Waals surface area contributed by atoms with Crippen molar-refractivity contribution >= 4 is 32.2 Å². The third kappa shape index (κ3) is 4.55. The molecule has 0 atom stereocenters. The lowest BCUT2D eigenvalue weighted by atomic mass is 10.0. The summed E-state index contributed by atoms with van der Waals surface area (Å²) in [5.41, 5.74) is 3.02. The number of nitrogens with one attached hydrogen (secondary N) is 1. The average molecular weight is 415 g/mol. The van der Waals surface area contributed by atoms with Gasteiger partial charge in [-0.2, -0.15) is 13.5 Å². The predicted octanol–water partition coefficient (Wildman–Crippen LogP) is 4.43. The summed E-state index contributed by atoms with van der Waals surface area (Å²) in [5.74, 6) is 0. The first-order chi connectivity index (χ1) is 12.0. The minimum atomic E-state index is -3.67. The lowest BCUT2D eigenvalue weighted by Crippen LogP contribution is -2.18. The molecule has 25 heavy (non-hydrogen) atoms. The normalized spacial score (nSPS) is 11.6. The Labute approximate surface area is 155 Å². The van der Waals surface area contributed by atoms with Gasteiger partial charge in [0.1, 0.15) is 0 Å². The van der Waals surface area contributed by atoms with E-state index in [1.54, 1.807) is 12.1 Å². The quantitative estimate of drug-likeness (QED) is 0.495. The van der Waals surface area contributed by atoms with Crippen molar-refractivity contribution < 1.29 is 8.42 Å². The average Bonchev–Trinajstić information content (AvgIpc) is 2.63. The molecular formula is C19H15BrN2O2S. The Kier molecular flexibility index (Phi) is 5.31. The monoisotopic (exact) mass is 414 g/mol. The second-order valence-corrected chi connectivity index (χ2v) is 7.87. The summed E-state index contributed by atoms with van der Waals surface area (Å²) in [4.78, 5) is 2.38. The highest BCUT2D eigenvalue weighted by atomic mass is 79.9. The molecule has 0 aliphatic rings. The first-order valence-corrected chi connectivity index (χ1v) is 9.78. The predicted molar refractivity (Wildman–Crippen MR) is 104 cm³/mol. The molecule has 3 rings (SSSR count). The Morgan fingerprint density at radius 2 is 1.40 bits per heavy atom. The molecule has 0 aliphatic heterocycles. The molecule has 3 aromatic rings. The molecule has 0 heterocycles. The van der Waals surface area contributed by atoms with Gasteiger partial charge in [-0.25, -0.2) is 4.83 Å². The van der Waals surface area contributed by atoms with Crippen molar-refractivity contribution in [3.63, 3.8) is 0 Å². The molecule has 0 saturated carbocycles. The standard InChI is InChI=1S/C19H15BrN2O2S/c20-18-10-12-19(13-11-18)25(23,24)22-21-14-15-6-8-17(9-7-15)16-4-2-1-3-5-16/h1-14,22H/b21-14+. The number of nitrogens with zero attached hydrogens (tertiary/aromatic N) is 1. The molecule has 126 valence electrons. The first-order valence-electron chi connectivity index (χ1n) is 7.50. The van der Waals surface area contributed by atoms with Gasteiger partial charge in [-0.15, -0.1) is 0 Å². The van der Waals surface area contributed by atoms with Crippen LogP contribution in [0.15, 0.2) is 93.3 Å². The molecule has 0 saturated heterocycles. The van der Waals surface area contributed by atoms with Crippen LogP contribution in [0.2, 0.25) is 0 Å². The van der Waals surface area contributed by atoms with E-state index in [-0.39, 0.29) is 4.90 Å². The zero-order chi connectivity index (χ0) is 17.7. The highest BCUT2D eigenvalue weighted by molar-refractivity contribution is 9.10. The van der Waals surface area contributed by atoms with Crippen molar-refractivity contribution in [2.45, 2.75) is 4.90 Å². The maximum atomic E-state index is 12.1. The molecule has 1 N–H and O–H groups in total. The minimum absolute atomic E-state index is 0.160. The molecule has 0 aliphatic carbocycles. The van der Waals surface area contributed by atoms with Gasteiger partial charge in [0.15, 0.2) is 0 Å². The largest absolute Gasteiger partial charge is 0.276 e. The molecule has 0 fully saturated rings. The number of hydrogen-bond acceptors (Lipinski definition) is 3. The third-order valence-electron chi connectivity index (χ3n) is 3.53. The highest BCUT2D eigenvalue weighted by Crippen LogP contribution is 2.18. The van der Waals surface area contributed by atoms with E-state index in [4.69, 9.17) is 0 Å². The summed E-state index contributed by atoms with van der Waals surface area (Å²) in [7, 11) is -3.67. The van der Waals surface area contributed by atoms with Crippen LogP contribution >= 0.6 is 15.9 Å². The summed E-state index contributed by atoms with van der Waals surface area (Å²) < 4.78 is 25.1. The zero-order valence-corrected chi connectivity index (χ0v) is 15.5. The second kappa shape index (κ2) is 7.63. The fourth-order valence-corrected chi connectivity index (χ4v) is 3.28. The van der Waals surface area contributed by atoms with Crippen molar-refractivity contribution in [2.75, 3.05) is 0 Å². The van der Waals surface area contributed by atoms with Gasteiger partial charge >= 0.3 is 0 Å². The van der Waals surface area contributed by atoms with Crippen LogP contribution in [0.4, 0.5) is 0 Å². The van der Waals surface area contributed by atoms with Gasteiger partial charge in [-0.3, -0.25) is 0 Å². The van der Waals surface area contributed by atoms with E-state index in [2.05, 4.69) is 25.9 Å². The highest BCUT2D eigenvalue weighted by Gasteiger charge is 2.11. The second-order valence-electron chi connectivity index (χ2n) is 5.29. The number of benzene rings is 3. The van der Waals surface area contributed by atoms with Crippen LogP contribution in [-0.2, 0) is 10.0 Å². The maximum absolute atomic E-state index is 12.1. The molecular weight excluding hydrogens is 400 g/mol. The van der Waals surface area contributed by atoms with Gasteiger partial charge in [-0.05, 0) is 41.0 Å². The molecule has 0 unspecified atom stereocenters. The van der Waals surface area contributed by atoms with Gasteiger partial charge in [-0.1, -0.05) is 70.5 Å². The molecule has 3 aromatic carbocycles. The minimum Gasteiger partial charge on any atom is -0.200 e. The molecule has 0 amide bonds. The van der Waals surface area contributed by atoms with Crippen LogP contribution in [0, 0.1) is 0 Å². The van der Waals surface area contributed by atoms with E-state index in [0.717, 1.165) is 21.2 Å². The Morgan fingerprint density at radius 3 is 2.04 bits per heavy atom. The van der Waals surface area contributed by atoms with Crippen molar-refractivity contribution in [1.82, 2.24) is 4.83 Å². The van der Waals surface area contributed by atoms with Crippen molar-refractivity contribution in [3.8, 4) is 11.1 Å². The van der Waals surface area contributed by atoms with Gasteiger partial charge in [0.25, 0.3) is 10.0 Å². The van der Waals surface area contributed by atoms with Crippen molar-refractivity contribution in [1.29, 1.82) is 0 Å².